The van der Waals surface area contributed by atoms with Crippen molar-refractivity contribution in [2.75, 3.05) is 11.1 Å². The Labute approximate surface area is 166 Å². The smallest absolute Gasteiger partial charge is 0.235 e. The molecule has 2 aromatic carbocycles. The molecule has 0 bridgehead atoms. The summed E-state index contributed by atoms with van der Waals surface area (Å²) in [5.74, 6) is 1.79. The zero-order chi connectivity index (χ0) is 18.8. The number of carbonyl (C=O) groups excluding carboxylic acids is 1. The van der Waals surface area contributed by atoms with E-state index in [1.54, 1.807) is 11.8 Å². The molecule has 0 radical (unpaired) electrons. The number of aryl methyl sites for hydroxylation is 1. The number of nitrogens with one attached hydrogen (secondary N) is 2. The summed E-state index contributed by atoms with van der Waals surface area (Å²) in [6.07, 6.45) is 0. The van der Waals surface area contributed by atoms with Gasteiger partial charge >= 0.3 is 0 Å². The number of amides is 1. The number of aromatic amines is 1. The fourth-order valence-electron chi connectivity index (χ4n) is 3.01. The van der Waals surface area contributed by atoms with Crippen molar-refractivity contribution in [3.8, 4) is 5.75 Å². The van der Waals surface area contributed by atoms with E-state index in [0.29, 0.717) is 23.2 Å². The van der Waals surface area contributed by atoms with Crippen LogP contribution in [0.4, 0.5) is 5.82 Å². The molecule has 1 aliphatic heterocycles. The number of carbonyl (C=O) groups is 1. The lowest BCUT2D eigenvalue weighted by molar-refractivity contribution is -0.113. The van der Waals surface area contributed by atoms with Gasteiger partial charge in [-0.25, -0.2) is 0 Å². The van der Waals surface area contributed by atoms with Crippen LogP contribution in [-0.2, 0) is 11.4 Å². The highest BCUT2D eigenvalue weighted by Crippen LogP contribution is 2.42. The van der Waals surface area contributed by atoms with Gasteiger partial charge in [-0.15, -0.1) is 11.8 Å². The van der Waals surface area contributed by atoms with E-state index in [4.69, 9.17) is 16.3 Å². The molecule has 7 heteroatoms. The molecule has 138 valence electrons. The second kappa shape index (κ2) is 7.66. The lowest BCUT2D eigenvalue weighted by Gasteiger charge is -2.16. The fraction of sp³-hybridized carbons (Fsp3) is 0.200. The molecule has 4 rings (SSSR count). The molecule has 1 aromatic heterocycles. The van der Waals surface area contributed by atoms with Gasteiger partial charge in [-0.05, 0) is 42.3 Å². The van der Waals surface area contributed by atoms with Crippen LogP contribution in [0.25, 0.3) is 0 Å². The highest BCUT2D eigenvalue weighted by Gasteiger charge is 2.28. The molecule has 0 spiro atoms. The van der Waals surface area contributed by atoms with E-state index < -0.39 is 0 Å². The van der Waals surface area contributed by atoms with Gasteiger partial charge in [0, 0.05) is 16.3 Å². The summed E-state index contributed by atoms with van der Waals surface area (Å²) >= 11 is 7.50. The van der Waals surface area contributed by atoms with Crippen molar-refractivity contribution in [2.45, 2.75) is 18.8 Å². The summed E-state index contributed by atoms with van der Waals surface area (Å²) < 4.78 is 5.86. The number of ether oxygens (including phenoxy) is 1. The molecule has 1 aliphatic rings. The van der Waals surface area contributed by atoms with Gasteiger partial charge in [0.2, 0.25) is 5.91 Å². The summed E-state index contributed by atoms with van der Waals surface area (Å²) in [6.45, 7) is 2.46. The molecule has 1 amide bonds. The first-order valence-electron chi connectivity index (χ1n) is 8.53. The molecule has 0 saturated carbocycles. The SMILES string of the molecule is Cc1[nH]nc2c1[C@@H](c1ccc(OCc3ccc(Cl)cc3)cc1)SCC(=O)N2. The molecule has 0 fully saturated rings. The number of hydrogen-bond donors (Lipinski definition) is 2. The van der Waals surface area contributed by atoms with Gasteiger partial charge in [-0.1, -0.05) is 35.9 Å². The normalized spacial score (nSPS) is 16.4. The number of thioether (sulfide) groups is 1. The third-order valence-corrected chi connectivity index (χ3v) is 5.92. The van der Waals surface area contributed by atoms with Crippen LogP contribution in [0.3, 0.4) is 0 Å². The van der Waals surface area contributed by atoms with Crippen molar-refractivity contribution < 1.29 is 9.53 Å². The van der Waals surface area contributed by atoms with Crippen LogP contribution < -0.4 is 10.1 Å². The maximum atomic E-state index is 11.9. The van der Waals surface area contributed by atoms with Gasteiger partial charge in [-0.2, -0.15) is 5.10 Å². The molecule has 5 nitrogen and oxygen atoms in total. The van der Waals surface area contributed by atoms with Crippen molar-refractivity contribution in [3.63, 3.8) is 0 Å². The molecule has 2 heterocycles. The van der Waals surface area contributed by atoms with E-state index in [0.717, 1.165) is 28.1 Å². The summed E-state index contributed by atoms with van der Waals surface area (Å²) in [4.78, 5) is 11.9. The largest absolute Gasteiger partial charge is 0.489 e. The van der Waals surface area contributed by atoms with Gasteiger partial charge in [0.05, 0.1) is 11.0 Å². The number of benzene rings is 2. The van der Waals surface area contributed by atoms with Crippen LogP contribution in [0.2, 0.25) is 5.02 Å². The van der Waals surface area contributed by atoms with Crippen LogP contribution in [0, 0.1) is 6.92 Å². The second-order valence-electron chi connectivity index (χ2n) is 6.33. The highest BCUT2D eigenvalue weighted by molar-refractivity contribution is 8.00. The third kappa shape index (κ3) is 3.96. The van der Waals surface area contributed by atoms with Gasteiger partial charge in [0.1, 0.15) is 12.4 Å². The maximum Gasteiger partial charge on any atom is 0.235 e. The predicted octanol–water partition coefficient (Wildman–Crippen LogP) is 4.73. The zero-order valence-corrected chi connectivity index (χ0v) is 16.2. The summed E-state index contributed by atoms with van der Waals surface area (Å²) in [5, 5.41) is 10.8. The minimum Gasteiger partial charge on any atom is -0.489 e. The Morgan fingerprint density at radius 2 is 1.93 bits per heavy atom. The number of nitrogens with zero attached hydrogens (tertiary/aromatic N) is 1. The van der Waals surface area contributed by atoms with E-state index in [-0.39, 0.29) is 11.2 Å². The number of anilines is 1. The summed E-state index contributed by atoms with van der Waals surface area (Å²) in [7, 11) is 0. The molecular formula is C20H18ClN3O2S. The Morgan fingerprint density at radius 1 is 1.19 bits per heavy atom. The van der Waals surface area contributed by atoms with Crippen LogP contribution in [0.15, 0.2) is 48.5 Å². The minimum absolute atomic E-state index is 0.0295. The Balaban J connectivity index is 1.51. The predicted molar refractivity (Wildman–Crippen MR) is 108 cm³/mol. The molecule has 27 heavy (non-hydrogen) atoms. The molecule has 0 saturated heterocycles. The molecule has 0 unspecified atom stereocenters. The number of H-pyrrole nitrogens is 1. The first-order valence-corrected chi connectivity index (χ1v) is 9.96. The Kier molecular flexibility index (Phi) is 5.09. The van der Waals surface area contributed by atoms with Crippen molar-refractivity contribution >= 4 is 35.1 Å². The fourth-order valence-corrected chi connectivity index (χ4v) is 4.33. The molecule has 1 atom stereocenters. The van der Waals surface area contributed by atoms with Crippen molar-refractivity contribution in [1.29, 1.82) is 0 Å². The van der Waals surface area contributed by atoms with Gasteiger partial charge in [-0.3, -0.25) is 9.89 Å². The van der Waals surface area contributed by atoms with Crippen molar-refractivity contribution in [2.24, 2.45) is 0 Å². The number of aromatic nitrogens is 2. The number of hydrogen-bond acceptors (Lipinski definition) is 4. The van der Waals surface area contributed by atoms with E-state index in [1.165, 1.54) is 0 Å². The average Bonchev–Trinajstić information content (AvgIpc) is 2.93. The maximum absolute atomic E-state index is 11.9. The zero-order valence-electron chi connectivity index (χ0n) is 14.7. The first-order chi connectivity index (χ1) is 13.1. The topological polar surface area (TPSA) is 67.0 Å². The second-order valence-corrected chi connectivity index (χ2v) is 7.86. The summed E-state index contributed by atoms with van der Waals surface area (Å²) in [5.41, 5.74) is 4.17. The van der Waals surface area contributed by atoms with E-state index in [9.17, 15) is 4.79 Å². The first kappa shape index (κ1) is 17.9. The van der Waals surface area contributed by atoms with E-state index in [1.807, 2.05) is 55.5 Å². The Bertz CT molecular complexity index is 954. The van der Waals surface area contributed by atoms with Crippen molar-refractivity contribution in [3.05, 3.63) is 75.9 Å². The van der Waals surface area contributed by atoms with E-state index >= 15 is 0 Å². The minimum atomic E-state index is -0.0295. The van der Waals surface area contributed by atoms with Crippen LogP contribution >= 0.6 is 23.4 Å². The Morgan fingerprint density at radius 3 is 2.67 bits per heavy atom. The van der Waals surface area contributed by atoms with E-state index in [2.05, 4.69) is 15.5 Å². The number of fused-ring (bicyclic) bond motifs is 1. The quantitative estimate of drug-likeness (QED) is 0.665. The van der Waals surface area contributed by atoms with Crippen LogP contribution in [0.1, 0.15) is 27.6 Å². The van der Waals surface area contributed by atoms with Crippen LogP contribution in [-0.4, -0.2) is 21.9 Å². The average molecular weight is 400 g/mol. The highest BCUT2D eigenvalue weighted by atomic mass is 35.5. The molecule has 3 aromatic rings. The van der Waals surface area contributed by atoms with Crippen LogP contribution in [0.5, 0.6) is 5.75 Å². The molecule has 2 N–H and O–H groups in total. The van der Waals surface area contributed by atoms with Crippen molar-refractivity contribution in [1.82, 2.24) is 10.2 Å². The number of halogens is 1. The third-order valence-electron chi connectivity index (χ3n) is 4.40. The Hall–Kier alpha value is -2.44. The summed E-state index contributed by atoms with van der Waals surface area (Å²) in [6, 6.07) is 15.6. The van der Waals surface area contributed by atoms with Gasteiger partial charge in [0.25, 0.3) is 0 Å². The van der Waals surface area contributed by atoms with Gasteiger partial charge < -0.3 is 10.1 Å². The standard InChI is InChI=1S/C20H18ClN3O2S/c1-12-18-19(27-11-17(25)22-20(18)24-23-12)14-4-8-16(9-5-14)26-10-13-2-6-15(21)7-3-13/h2-9,19H,10-11H2,1H3,(H2,22,23,24,25)/t19-/m1/s1. The van der Waals surface area contributed by atoms with Gasteiger partial charge in [0.15, 0.2) is 5.82 Å². The lowest BCUT2D eigenvalue weighted by atomic mass is 10.0. The lowest BCUT2D eigenvalue weighted by Crippen LogP contribution is -2.12. The molecule has 0 aliphatic carbocycles. The monoisotopic (exact) mass is 399 g/mol. The molecular weight excluding hydrogens is 382 g/mol. The number of rotatable bonds is 4.